The topological polar surface area (TPSA) is 108 Å². The number of hydrogen-bond donors (Lipinski definition) is 3. The van der Waals surface area contributed by atoms with Crippen molar-refractivity contribution in [2.45, 2.75) is 37.6 Å². The molecule has 3 atom stereocenters. The molecule has 13 heteroatoms. The predicted octanol–water partition coefficient (Wildman–Crippen LogP) is 2.70. The van der Waals surface area contributed by atoms with E-state index in [1.54, 1.807) is 4.90 Å². The molecule has 2 fully saturated rings. The molecule has 4 N–H and O–H groups in total. The Balaban J connectivity index is 1.47. The summed E-state index contributed by atoms with van der Waals surface area (Å²) in [6.07, 6.45) is -2.70. The number of nitrogens with zero attached hydrogens (tertiary/aromatic N) is 4. The molecule has 1 aromatic heterocycles. The standard InChI is InChI=1S/C23H27F5N6O2/c24-16-8-14(23(26,27)28)3-4-15(16)17-2-1-6-34(17)22-20(25)21(31-12-32-22)30-9-13-5-7-33(10-18(13)35)11-19(29)36/h3-4,8,12-13,17-18,35H,1-2,5-7,9-11H2,(H2,29,36)(H,30,31,32)/t13?,17-,18?/m1/s1. The number of β-amino-alcohol motifs (C(OH)–C–C–N with tert-alkyl or cyclic N) is 1. The minimum absolute atomic E-state index is 0.0406. The van der Waals surface area contributed by atoms with E-state index in [-0.39, 0.29) is 42.8 Å². The fraction of sp³-hybridized carbons (Fsp3) is 0.522. The maximum atomic E-state index is 15.4. The van der Waals surface area contributed by atoms with Crippen LogP contribution in [0.3, 0.4) is 0 Å². The zero-order chi connectivity index (χ0) is 26.0. The first-order valence-electron chi connectivity index (χ1n) is 11.6. The highest BCUT2D eigenvalue weighted by Gasteiger charge is 2.35. The monoisotopic (exact) mass is 514 g/mol. The number of alkyl halides is 3. The average molecular weight is 514 g/mol. The summed E-state index contributed by atoms with van der Waals surface area (Å²) in [7, 11) is 0. The number of halogens is 5. The third kappa shape index (κ3) is 5.67. The number of hydrogen-bond acceptors (Lipinski definition) is 7. The van der Waals surface area contributed by atoms with Crippen molar-refractivity contribution < 1.29 is 31.9 Å². The maximum Gasteiger partial charge on any atom is 0.416 e. The Morgan fingerprint density at radius 1 is 1.19 bits per heavy atom. The molecule has 2 unspecified atom stereocenters. The second-order valence-electron chi connectivity index (χ2n) is 9.14. The molecule has 2 aromatic rings. The van der Waals surface area contributed by atoms with Gasteiger partial charge in [-0.25, -0.2) is 14.4 Å². The van der Waals surface area contributed by atoms with Crippen molar-refractivity contribution in [3.05, 3.63) is 47.3 Å². The highest BCUT2D eigenvalue weighted by molar-refractivity contribution is 5.75. The summed E-state index contributed by atoms with van der Waals surface area (Å²) in [5.41, 5.74) is 4.15. The van der Waals surface area contributed by atoms with Crippen LogP contribution in [-0.2, 0) is 11.0 Å². The molecule has 36 heavy (non-hydrogen) atoms. The van der Waals surface area contributed by atoms with E-state index in [9.17, 15) is 27.5 Å². The third-order valence-corrected chi connectivity index (χ3v) is 6.70. The van der Waals surface area contributed by atoms with E-state index in [4.69, 9.17) is 5.73 Å². The number of likely N-dealkylation sites (tertiary alicyclic amines) is 1. The van der Waals surface area contributed by atoms with Gasteiger partial charge in [-0.3, -0.25) is 9.69 Å². The van der Waals surface area contributed by atoms with Crippen LogP contribution in [0.1, 0.15) is 36.4 Å². The number of carbonyl (C=O) groups excluding carboxylic acids is 1. The van der Waals surface area contributed by atoms with Crippen LogP contribution >= 0.6 is 0 Å². The van der Waals surface area contributed by atoms with Crippen LogP contribution in [0, 0.1) is 17.6 Å². The quantitative estimate of drug-likeness (QED) is 0.488. The first kappa shape index (κ1) is 26.0. The molecule has 0 bridgehead atoms. The molecule has 3 heterocycles. The van der Waals surface area contributed by atoms with E-state index >= 15 is 4.39 Å². The van der Waals surface area contributed by atoms with E-state index in [1.165, 1.54) is 4.90 Å². The lowest BCUT2D eigenvalue weighted by Crippen LogP contribution is -2.48. The Hall–Kier alpha value is -3.06. The number of rotatable bonds is 7. The van der Waals surface area contributed by atoms with Crippen molar-refractivity contribution in [2.75, 3.05) is 42.9 Å². The third-order valence-electron chi connectivity index (χ3n) is 6.70. The Morgan fingerprint density at radius 2 is 1.97 bits per heavy atom. The van der Waals surface area contributed by atoms with Crippen LogP contribution in [0.15, 0.2) is 24.5 Å². The molecule has 2 saturated heterocycles. The second kappa shape index (κ2) is 10.5. The van der Waals surface area contributed by atoms with Gasteiger partial charge in [0.15, 0.2) is 11.6 Å². The van der Waals surface area contributed by atoms with Crippen molar-refractivity contribution in [1.29, 1.82) is 0 Å². The van der Waals surface area contributed by atoms with Gasteiger partial charge in [0.1, 0.15) is 12.1 Å². The fourth-order valence-corrected chi connectivity index (χ4v) is 4.88. The van der Waals surface area contributed by atoms with Crippen LogP contribution in [0.2, 0.25) is 0 Å². The van der Waals surface area contributed by atoms with Crippen molar-refractivity contribution >= 4 is 17.5 Å². The summed E-state index contributed by atoms with van der Waals surface area (Å²) in [6.45, 7) is 1.43. The smallest absolute Gasteiger partial charge is 0.391 e. The average Bonchev–Trinajstić information content (AvgIpc) is 3.27. The first-order valence-corrected chi connectivity index (χ1v) is 11.6. The molecule has 2 aliphatic rings. The van der Waals surface area contributed by atoms with Crippen molar-refractivity contribution in [3.63, 3.8) is 0 Å². The highest BCUT2D eigenvalue weighted by Crippen LogP contribution is 2.39. The number of anilines is 2. The number of nitrogens with two attached hydrogens (primary N) is 1. The Kier molecular flexibility index (Phi) is 7.59. The molecule has 1 amide bonds. The first-order chi connectivity index (χ1) is 17.0. The van der Waals surface area contributed by atoms with Crippen LogP contribution in [-0.4, -0.2) is 64.7 Å². The second-order valence-corrected chi connectivity index (χ2v) is 9.14. The Labute approximate surface area is 204 Å². The molecular formula is C23H27F5N6O2. The van der Waals surface area contributed by atoms with Gasteiger partial charge in [-0.05, 0) is 37.9 Å². The lowest BCUT2D eigenvalue weighted by atomic mass is 9.93. The summed E-state index contributed by atoms with van der Waals surface area (Å²) in [4.78, 5) is 22.4. The van der Waals surface area contributed by atoms with Gasteiger partial charge in [0, 0.05) is 31.1 Å². The SMILES string of the molecule is NC(=O)CN1CCC(CNc2ncnc(N3CCC[C@@H]3c3ccc(C(F)(F)F)cc3F)c2F)C(O)C1. The number of aliphatic hydroxyl groups is 1. The number of aliphatic hydroxyl groups excluding tert-OH is 1. The lowest BCUT2D eigenvalue weighted by Gasteiger charge is -2.35. The van der Waals surface area contributed by atoms with E-state index in [1.807, 2.05) is 0 Å². The normalized spacial score (nSPS) is 23.2. The van der Waals surface area contributed by atoms with Crippen molar-refractivity contribution in [3.8, 4) is 0 Å². The van der Waals surface area contributed by atoms with Gasteiger partial charge in [0.05, 0.1) is 24.3 Å². The molecule has 0 saturated carbocycles. The number of carbonyl (C=O) groups is 1. The van der Waals surface area contributed by atoms with E-state index in [2.05, 4.69) is 15.3 Å². The van der Waals surface area contributed by atoms with Gasteiger partial charge >= 0.3 is 6.18 Å². The van der Waals surface area contributed by atoms with Gasteiger partial charge < -0.3 is 21.1 Å². The number of aromatic nitrogens is 2. The van der Waals surface area contributed by atoms with Gasteiger partial charge in [0.25, 0.3) is 0 Å². The molecule has 2 aliphatic heterocycles. The molecule has 196 valence electrons. The Bertz CT molecular complexity index is 1100. The predicted molar refractivity (Wildman–Crippen MR) is 121 cm³/mol. The van der Waals surface area contributed by atoms with E-state index < -0.39 is 41.4 Å². The van der Waals surface area contributed by atoms with Gasteiger partial charge in [-0.1, -0.05) is 6.07 Å². The number of benzene rings is 1. The number of nitrogens with one attached hydrogen (secondary N) is 1. The number of amides is 1. The number of piperidine rings is 1. The molecule has 8 nitrogen and oxygen atoms in total. The summed E-state index contributed by atoms with van der Waals surface area (Å²) < 4.78 is 68.8. The van der Waals surface area contributed by atoms with E-state index in [0.29, 0.717) is 38.4 Å². The zero-order valence-corrected chi connectivity index (χ0v) is 19.3. The van der Waals surface area contributed by atoms with Gasteiger partial charge in [-0.2, -0.15) is 17.6 Å². The molecule has 0 radical (unpaired) electrons. The van der Waals surface area contributed by atoms with Crippen LogP contribution < -0.4 is 16.0 Å². The van der Waals surface area contributed by atoms with Crippen LogP contribution in [0.5, 0.6) is 0 Å². The summed E-state index contributed by atoms with van der Waals surface area (Å²) in [5.74, 6) is -2.64. The van der Waals surface area contributed by atoms with E-state index in [0.717, 1.165) is 18.5 Å². The molecule has 0 spiro atoms. The number of primary amides is 1. The summed E-state index contributed by atoms with van der Waals surface area (Å²) in [6, 6.07) is 1.68. The van der Waals surface area contributed by atoms with Crippen LogP contribution in [0.4, 0.5) is 33.6 Å². The molecule has 4 rings (SSSR count). The van der Waals surface area contributed by atoms with Gasteiger partial charge in [-0.15, -0.1) is 0 Å². The molecular weight excluding hydrogens is 487 g/mol. The molecule has 0 aliphatic carbocycles. The minimum Gasteiger partial charge on any atom is -0.391 e. The maximum absolute atomic E-state index is 15.4. The van der Waals surface area contributed by atoms with Gasteiger partial charge in [0.2, 0.25) is 11.7 Å². The van der Waals surface area contributed by atoms with Crippen molar-refractivity contribution in [2.24, 2.45) is 11.7 Å². The minimum atomic E-state index is -4.67. The highest BCUT2D eigenvalue weighted by atomic mass is 19.4. The summed E-state index contributed by atoms with van der Waals surface area (Å²) >= 11 is 0. The summed E-state index contributed by atoms with van der Waals surface area (Å²) in [5, 5.41) is 13.3. The van der Waals surface area contributed by atoms with Crippen molar-refractivity contribution in [1.82, 2.24) is 14.9 Å². The fourth-order valence-electron chi connectivity index (χ4n) is 4.88. The lowest BCUT2D eigenvalue weighted by molar-refractivity contribution is -0.137. The zero-order valence-electron chi connectivity index (χ0n) is 19.3. The largest absolute Gasteiger partial charge is 0.416 e. The molecule has 1 aromatic carbocycles. The Morgan fingerprint density at radius 3 is 2.64 bits per heavy atom. The van der Waals surface area contributed by atoms with Crippen LogP contribution in [0.25, 0.3) is 0 Å².